The Morgan fingerprint density at radius 1 is 1.35 bits per heavy atom. The average molecular weight is 375 g/mol. The summed E-state index contributed by atoms with van der Waals surface area (Å²) in [6, 6.07) is 7.95. The van der Waals surface area contributed by atoms with Crippen molar-refractivity contribution >= 4 is 27.8 Å². The molecule has 1 aromatic carbocycles. The van der Waals surface area contributed by atoms with E-state index in [0.29, 0.717) is 30.1 Å². The zero-order valence-corrected chi connectivity index (χ0v) is 14.7. The number of methoxy groups -OCH3 is 1. The molecule has 136 valence electrons. The van der Waals surface area contributed by atoms with Crippen LogP contribution in [0.4, 0.5) is 5.82 Å². The van der Waals surface area contributed by atoms with Crippen LogP contribution in [0.2, 0.25) is 0 Å². The maximum Gasteiger partial charge on any atom is 0.267 e. The first kappa shape index (κ1) is 17.9. The van der Waals surface area contributed by atoms with Crippen molar-refractivity contribution in [2.45, 2.75) is 11.3 Å². The molecular formula is C17H17N3O5S. The molecule has 0 bridgehead atoms. The van der Waals surface area contributed by atoms with Crippen LogP contribution in [-0.4, -0.2) is 38.2 Å². The summed E-state index contributed by atoms with van der Waals surface area (Å²) >= 11 is 0. The van der Waals surface area contributed by atoms with Crippen LogP contribution in [0.5, 0.6) is 5.75 Å². The molecule has 1 aromatic heterocycles. The monoisotopic (exact) mass is 375 g/mol. The molecule has 0 saturated carbocycles. The van der Waals surface area contributed by atoms with Gasteiger partial charge in [-0.15, -0.1) is 0 Å². The maximum atomic E-state index is 12.9. The lowest BCUT2D eigenvalue weighted by molar-refractivity contribution is -0.124. The molecule has 0 atom stereocenters. The summed E-state index contributed by atoms with van der Waals surface area (Å²) in [5.41, 5.74) is 2.91. The summed E-state index contributed by atoms with van der Waals surface area (Å²) in [6.07, 6.45) is 4.64. The topological polar surface area (TPSA) is 109 Å². The molecule has 1 aliphatic rings. The fourth-order valence-electron chi connectivity index (χ4n) is 2.67. The van der Waals surface area contributed by atoms with E-state index in [1.807, 2.05) is 0 Å². The number of hydroxylamine groups is 1. The summed E-state index contributed by atoms with van der Waals surface area (Å²) in [6.45, 7) is 0.293. The van der Waals surface area contributed by atoms with Crippen molar-refractivity contribution in [3.8, 4) is 5.75 Å². The normalized spacial score (nSPS) is 13.7. The van der Waals surface area contributed by atoms with Gasteiger partial charge in [-0.2, -0.15) is 0 Å². The summed E-state index contributed by atoms with van der Waals surface area (Å²) in [5.74, 6) is 0.297. The molecule has 0 radical (unpaired) electrons. The highest BCUT2D eigenvalue weighted by Crippen LogP contribution is 2.32. The number of hydrogen-bond donors (Lipinski definition) is 2. The van der Waals surface area contributed by atoms with Crippen molar-refractivity contribution in [1.82, 2.24) is 10.5 Å². The van der Waals surface area contributed by atoms with E-state index in [4.69, 9.17) is 9.94 Å². The van der Waals surface area contributed by atoms with Crippen LogP contribution < -0.4 is 14.5 Å². The third kappa shape index (κ3) is 3.39. The molecule has 1 aliphatic heterocycles. The number of nitrogens with one attached hydrogen (secondary N) is 1. The second kappa shape index (κ2) is 7.14. The van der Waals surface area contributed by atoms with Crippen molar-refractivity contribution in [1.29, 1.82) is 0 Å². The predicted molar refractivity (Wildman–Crippen MR) is 94.4 cm³/mol. The molecule has 0 unspecified atom stereocenters. The van der Waals surface area contributed by atoms with E-state index in [-0.39, 0.29) is 4.90 Å². The fourth-order valence-corrected chi connectivity index (χ4v) is 4.13. The Labute approximate surface area is 150 Å². The van der Waals surface area contributed by atoms with Gasteiger partial charge in [0.05, 0.1) is 12.0 Å². The molecule has 2 heterocycles. The van der Waals surface area contributed by atoms with Gasteiger partial charge in [0, 0.05) is 18.8 Å². The van der Waals surface area contributed by atoms with E-state index < -0.39 is 15.9 Å². The van der Waals surface area contributed by atoms with Crippen LogP contribution in [-0.2, 0) is 21.2 Å². The lowest BCUT2D eigenvalue weighted by atomic mass is 10.1. The first-order valence-corrected chi connectivity index (χ1v) is 9.17. The Balaban J connectivity index is 1.88. The SMILES string of the molecule is COc1ccc(S(=O)(=O)N2CCc3cc(/C=C/C(=O)NO)cnc32)cc1. The smallest absolute Gasteiger partial charge is 0.267 e. The number of nitrogens with zero attached hydrogens (tertiary/aromatic N) is 2. The summed E-state index contributed by atoms with van der Waals surface area (Å²) < 4.78 is 32.1. The quantitative estimate of drug-likeness (QED) is 0.464. The van der Waals surface area contributed by atoms with Gasteiger partial charge in [-0.1, -0.05) is 0 Å². The number of sulfonamides is 1. The molecule has 0 saturated heterocycles. The lowest BCUT2D eigenvalue weighted by Gasteiger charge is -2.18. The molecule has 2 aromatic rings. The minimum atomic E-state index is -3.72. The summed E-state index contributed by atoms with van der Waals surface area (Å²) in [7, 11) is -2.21. The van der Waals surface area contributed by atoms with Gasteiger partial charge >= 0.3 is 0 Å². The first-order valence-electron chi connectivity index (χ1n) is 7.73. The van der Waals surface area contributed by atoms with Crippen molar-refractivity contribution in [3.05, 3.63) is 53.7 Å². The number of amides is 1. The standard InChI is InChI=1S/C17H17N3O5S/c1-25-14-3-5-15(6-4-14)26(23,24)20-9-8-13-10-12(11-18-17(13)20)2-7-16(21)19-22/h2-7,10-11,22H,8-9H2,1H3,(H,19,21)/b7-2+. The van der Waals surface area contributed by atoms with E-state index >= 15 is 0 Å². The number of carbonyl (C=O) groups is 1. The maximum absolute atomic E-state index is 12.9. The molecule has 26 heavy (non-hydrogen) atoms. The van der Waals surface area contributed by atoms with E-state index in [0.717, 1.165) is 11.6 Å². The van der Waals surface area contributed by atoms with Crippen molar-refractivity contribution < 1.29 is 23.2 Å². The van der Waals surface area contributed by atoms with Gasteiger partial charge in [0.25, 0.3) is 15.9 Å². The largest absolute Gasteiger partial charge is 0.497 e. The van der Waals surface area contributed by atoms with Crippen molar-refractivity contribution in [2.24, 2.45) is 0 Å². The van der Waals surface area contributed by atoms with E-state index in [9.17, 15) is 13.2 Å². The first-order chi connectivity index (χ1) is 12.5. The number of anilines is 1. The molecule has 1 amide bonds. The number of carbonyl (C=O) groups excluding carboxylic acids is 1. The highest BCUT2D eigenvalue weighted by atomic mass is 32.2. The zero-order valence-electron chi connectivity index (χ0n) is 13.9. The van der Waals surface area contributed by atoms with Gasteiger partial charge in [0.1, 0.15) is 11.6 Å². The van der Waals surface area contributed by atoms with Crippen LogP contribution in [0, 0.1) is 0 Å². The van der Waals surface area contributed by atoms with Crippen LogP contribution >= 0.6 is 0 Å². The summed E-state index contributed by atoms with van der Waals surface area (Å²) in [4.78, 5) is 15.5. The number of hydrogen-bond acceptors (Lipinski definition) is 6. The minimum Gasteiger partial charge on any atom is -0.497 e. The van der Waals surface area contributed by atoms with E-state index in [1.165, 1.54) is 41.3 Å². The Morgan fingerprint density at radius 3 is 2.73 bits per heavy atom. The summed E-state index contributed by atoms with van der Waals surface area (Å²) in [5, 5.41) is 8.49. The van der Waals surface area contributed by atoms with Gasteiger partial charge in [-0.25, -0.2) is 23.2 Å². The van der Waals surface area contributed by atoms with Gasteiger partial charge in [-0.3, -0.25) is 10.0 Å². The lowest BCUT2D eigenvalue weighted by Crippen LogP contribution is -2.29. The van der Waals surface area contributed by atoms with Gasteiger partial charge in [0.15, 0.2) is 0 Å². The molecule has 3 rings (SSSR count). The number of benzene rings is 1. The van der Waals surface area contributed by atoms with Gasteiger partial charge < -0.3 is 4.74 Å². The van der Waals surface area contributed by atoms with Crippen LogP contribution in [0.25, 0.3) is 6.08 Å². The van der Waals surface area contributed by atoms with E-state index in [2.05, 4.69) is 4.98 Å². The molecule has 8 nitrogen and oxygen atoms in total. The Kier molecular flexibility index (Phi) is 4.92. The fraction of sp³-hybridized carbons (Fsp3) is 0.176. The third-order valence-electron chi connectivity index (χ3n) is 3.97. The second-order valence-electron chi connectivity index (χ2n) is 5.56. The van der Waals surface area contributed by atoms with Gasteiger partial charge in [-0.05, 0) is 54.0 Å². The highest BCUT2D eigenvalue weighted by Gasteiger charge is 2.32. The number of aromatic nitrogens is 1. The number of pyridine rings is 1. The van der Waals surface area contributed by atoms with Gasteiger partial charge in [0.2, 0.25) is 0 Å². The minimum absolute atomic E-state index is 0.163. The zero-order chi connectivity index (χ0) is 18.7. The Morgan fingerprint density at radius 2 is 2.08 bits per heavy atom. The number of rotatable bonds is 5. The predicted octanol–water partition coefficient (Wildman–Crippen LogP) is 1.36. The number of ether oxygens (including phenoxy) is 1. The Bertz CT molecular complexity index is 955. The molecular weight excluding hydrogens is 358 g/mol. The Hall–Kier alpha value is -2.91. The van der Waals surface area contributed by atoms with E-state index in [1.54, 1.807) is 18.2 Å². The van der Waals surface area contributed by atoms with Crippen LogP contribution in [0.1, 0.15) is 11.1 Å². The molecule has 2 N–H and O–H groups in total. The number of fused-ring (bicyclic) bond motifs is 1. The molecule has 0 spiro atoms. The second-order valence-corrected chi connectivity index (χ2v) is 7.43. The molecule has 0 aliphatic carbocycles. The third-order valence-corrected chi connectivity index (χ3v) is 5.77. The molecule has 9 heteroatoms. The van der Waals surface area contributed by atoms with Crippen LogP contribution in [0.15, 0.2) is 47.5 Å². The highest BCUT2D eigenvalue weighted by molar-refractivity contribution is 7.92. The average Bonchev–Trinajstić information content (AvgIpc) is 3.10. The van der Waals surface area contributed by atoms with Crippen LogP contribution in [0.3, 0.4) is 0 Å². The molecule has 0 fully saturated rings. The van der Waals surface area contributed by atoms with Crippen molar-refractivity contribution in [3.63, 3.8) is 0 Å². The van der Waals surface area contributed by atoms with Crippen molar-refractivity contribution in [2.75, 3.05) is 18.0 Å².